The normalized spacial score (nSPS) is 31.9. The predicted octanol–water partition coefficient (Wildman–Crippen LogP) is 2.24. The average molecular weight is 297 g/mol. The number of hydrogen-bond acceptors (Lipinski definition) is 3. The van der Waals surface area contributed by atoms with E-state index in [1.807, 2.05) is 12.1 Å². The van der Waals surface area contributed by atoms with Gasteiger partial charge < -0.3 is 5.32 Å². The SMILES string of the molecule is O=S1(=O)CCCC1CNC1CC(c2ccc(F)cc2)C1. The van der Waals surface area contributed by atoms with Crippen molar-refractivity contribution < 1.29 is 12.8 Å². The van der Waals surface area contributed by atoms with Crippen molar-refractivity contribution in [2.75, 3.05) is 12.3 Å². The second-order valence-electron chi connectivity index (χ2n) is 5.96. The molecule has 1 aromatic rings. The number of benzene rings is 1. The number of halogens is 1. The summed E-state index contributed by atoms with van der Waals surface area (Å²) in [6.07, 6.45) is 3.62. The molecule has 1 saturated heterocycles. The predicted molar refractivity (Wildman–Crippen MR) is 77.0 cm³/mol. The Morgan fingerprint density at radius 3 is 2.50 bits per heavy atom. The third-order valence-electron chi connectivity index (χ3n) is 4.58. The van der Waals surface area contributed by atoms with Crippen LogP contribution in [-0.2, 0) is 9.84 Å². The van der Waals surface area contributed by atoms with Gasteiger partial charge in [0.25, 0.3) is 0 Å². The maximum absolute atomic E-state index is 12.8. The monoisotopic (exact) mass is 297 g/mol. The fraction of sp³-hybridized carbons (Fsp3) is 0.600. The number of nitrogens with one attached hydrogen (secondary N) is 1. The van der Waals surface area contributed by atoms with E-state index in [1.165, 1.54) is 17.7 Å². The van der Waals surface area contributed by atoms with Crippen LogP contribution in [0.15, 0.2) is 24.3 Å². The Bertz CT molecular complexity index is 564. The van der Waals surface area contributed by atoms with Crippen molar-refractivity contribution >= 4 is 9.84 Å². The first-order valence-electron chi connectivity index (χ1n) is 7.25. The van der Waals surface area contributed by atoms with Crippen LogP contribution in [0.3, 0.4) is 0 Å². The third-order valence-corrected chi connectivity index (χ3v) is 6.85. The van der Waals surface area contributed by atoms with Crippen molar-refractivity contribution in [1.82, 2.24) is 5.32 Å². The summed E-state index contributed by atoms with van der Waals surface area (Å²) in [6, 6.07) is 7.10. The van der Waals surface area contributed by atoms with Crippen LogP contribution >= 0.6 is 0 Å². The van der Waals surface area contributed by atoms with Crippen molar-refractivity contribution in [1.29, 1.82) is 0 Å². The second kappa shape index (κ2) is 5.45. The van der Waals surface area contributed by atoms with Crippen LogP contribution in [0.5, 0.6) is 0 Å². The molecule has 1 aliphatic carbocycles. The Morgan fingerprint density at radius 2 is 1.90 bits per heavy atom. The lowest BCUT2D eigenvalue weighted by Crippen LogP contribution is -2.44. The van der Waals surface area contributed by atoms with Crippen molar-refractivity contribution in [2.24, 2.45) is 0 Å². The highest BCUT2D eigenvalue weighted by atomic mass is 32.2. The van der Waals surface area contributed by atoms with Gasteiger partial charge in [-0.15, -0.1) is 0 Å². The van der Waals surface area contributed by atoms with Crippen LogP contribution < -0.4 is 5.32 Å². The van der Waals surface area contributed by atoms with Gasteiger partial charge in [0, 0.05) is 12.6 Å². The van der Waals surface area contributed by atoms with Crippen LogP contribution in [0.4, 0.5) is 4.39 Å². The first kappa shape index (κ1) is 14.0. The molecule has 5 heteroatoms. The minimum absolute atomic E-state index is 0.188. The Hall–Kier alpha value is -0.940. The van der Waals surface area contributed by atoms with E-state index in [1.54, 1.807) is 0 Å². The summed E-state index contributed by atoms with van der Waals surface area (Å²) in [5, 5.41) is 3.19. The van der Waals surface area contributed by atoms with Crippen molar-refractivity contribution in [3.63, 3.8) is 0 Å². The first-order chi connectivity index (χ1) is 9.54. The Kier molecular flexibility index (Phi) is 3.82. The Labute approximate surface area is 119 Å². The molecule has 3 rings (SSSR count). The standard InChI is InChI=1S/C15H20FNO2S/c16-13-5-3-11(4-6-13)12-8-14(9-12)17-10-15-2-1-7-20(15,18)19/h3-6,12,14-15,17H,1-2,7-10H2. The van der Waals surface area contributed by atoms with E-state index in [2.05, 4.69) is 5.32 Å². The molecule has 20 heavy (non-hydrogen) atoms. The average Bonchev–Trinajstić information content (AvgIpc) is 2.69. The fourth-order valence-corrected chi connectivity index (χ4v) is 4.96. The molecule has 0 amide bonds. The van der Waals surface area contributed by atoms with Gasteiger partial charge in [-0.25, -0.2) is 12.8 Å². The number of sulfone groups is 1. The molecule has 0 aromatic heterocycles. The number of rotatable bonds is 4. The molecule has 0 bridgehead atoms. The lowest BCUT2D eigenvalue weighted by Gasteiger charge is -2.37. The maximum atomic E-state index is 12.8. The highest BCUT2D eigenvalue weighted by Crippen LogP contribution is 2.37. The Morgan fingerprint density at radius 1 is 1.20 bits per heavy atom. The van der Waals surface area contributed by atoms with Gasteiger partial charge in [0.15, 0.2) is 9.84 Å². The minimum Gasteiger partial charge on any atom is -0.313 e. The van der Waals surface area contributed by atoms with E-state index in [-0.39, 0.29) is 11.1 Å². The maximum Gasteiger partial charge on any atom is 0.154 e. The van der Waals surface area contributed by atoms with Crippen LogP contribution in [0.2, 0.25) is 0 Å². The summed E-state index contributed by atoms with van der Waals surface area (Å²) < 4.78 is 36.3. The molecule has 2 fully saturated rings. The second-order valence-corrected chi connectivity index (χ2v) is 8.36. The molecule has 3 nitrogen and oxygen atoms in total. The summed E-state index contributed by atoms with van der Waals surface area (Å²) in [4.78, 5) is 0. The van der Waals surface area contributed by atoms with Gasteiger partial charge in [0.1, 0.15) is 5.82 Å². The van der Waals surface area contributed by atoms with E-state index in [9.17, 15) is 12.8 Å². The summed E-state index contributed by atoms with van der Waals surface area (Å²) in [7, 11) is -2.84. The molecule has 1 unspecified atom stereocenters. The van der Waals surface area contributed by atoms with Crippen LogP contribution in [-0.4, -0.2) is 32.0 Å². The fourth-order valence-electron chi connectivity index (χ4n) is 3.18. The van der Waals surface area contributed by atoms with Gasteiger partial charge in [0.2, 0.25) is 0 Å². The van der Waals surface area contributed by atoms with E-state index in [0.717, 1.165) is 25.7 Å². The zero-order chi connectivity index (χ0) is 14.2. The molecule has 1 saturated carbocycles. The van der Waals surface area contributed by atoms with E-state index in [0.29, 0.717) is 24.3 Å². The molecule has 0 radical (unpaired) electrons. The quantitative estimate of drug-likeness (QED) is 0.927. The summed E-state index contributed by atoms with van der Waals surface area (Å²) in [5.74, 6) is 0.629. The molecule has 1 atom stereocenters. The molecule has 1 heterocycles. The van der Waals surface area contributed by atoms with E-state index in [4.69, 9.17) is 0 Å². The van der Waals surface area contributed by atoms with Gasteiger partial charge in [-0.1, -0.05) is 12.1 Å². The van der Waals surface area contributed by atoms with Gasteiger partial charge in [-0.2, -0.15) is 0 Å². The molecular weight excluding hydrogens is 277 g/mol. The lowest BCUT2D eigenvalue weighted by molar-refractivity contribution is 0.290. The first-order valence-corrected chi connectivity index (χ1v) is 8.96. The largest absolute Gasteiger partial charge is 0.313 e. The number of hydrogen-bond donors (Lipinski definition) is 1. The topological polar surface area (TPSA) is 46.2 Å². The minimum atomic E-state index is -2.84. The van der Waals surface area contributed by atoms with Crippen molar-refractivity contribution in [3.05, 3.63) is 35.6 Å². The van der Waals surface area contributed by atoms with Crippen molar-refractivity contribution in [2.45, 2.75) is 42.9 Å². The van der Waals surface area contributed by atoms with Crippen LogP contribution in [0.25, 0.3) is 0 Å². The smallest absolute Gasteiger partial charge is 0.154 e. The zero-order valence-corrected chi connectivity index (χ0v) is 12.2. The summed E-state index contributed by atoms with van der Waals surface area (Å²) >= 11 is 0. The van der Waals surface area contributed by atoms with Gasteiger partial charge in [-0.3, -0.25) is 0 Å². The zero-order valence-electron chi connectivity index (χ0n) is 11.4. The van der Waals surface area contributed by atoms with E-state index < -0.39 is 9.84 Å². The van der Waals surface area contributed by atoms with Crippen molar-refractivity contribution in [3.8, 4) is 0 Å². The molecular formula is C15H20FNO2S. The molecule has 2 aliphatic rings. The highest BCUT2D eigenvalue weighted by Gasteiger charge is 2.34. The lowest BCUT2D eigenvalue weighted by atomic mass is 9.76. The highest BCUT2D eigenvalue weighted by molar-refractivity contribution is 7.92. The van der Waals surface area contributed by atoms with E-state index >= 15 is 0 Å². The molecule has 0 spiro atoms. The van der Waals surface area contributed by atoms with Gasteiger partial charge in [0.05, 0.1) is 11.0 Å². The molecule has 1 aliphatic heterocycles. The third kappa shape index (κ3) is 2.88. The Balaban J connectivity index is 1.46. The summed E-state index contributed by atoms with van der Waals surface area (Å²) in [6.45, 7) is 0.586. The van der Waals surface area contributed by atoms with Gasteiger partial charge in [-0.05, 0) is 49.3 Å². The van der Waals surface area contributed by atoms with Crippen LogP contribution in [0.1, 0.15) is 37.2 Å². The van der Waals surface area contributed by atoms with Crippen LogP contribution in [0, 0.1) is 5.82 Å². The molecule has 1 N–H and O–H groups in total. The molecule has 110 valence electrons. The van der Waals surface area contributed by atoms with Gasteiger partial charge >= 0.3 is 0 Å². The molecule has 1 aromatic carbocycles. The summed E-state index contributed by atoms with van der Waals surface area (Å²) in [5.41, 5.74) is 1.18.